The molecule has 0 aromatic heterocycles. The van der Waals surface area contributed by atoms with Gasteiger partial charge in [-0.2, -0.15) is 0 Å². The first-order valence-corrected chi connectivity index (χ1v) is 5.12. The number of hydrogen-bond donors (Lipinski definition) is 1. The summed E-state index contributed by atoms with van der Waals surface area (Å²) in [6.07, 6.45) is 0.269. The molecule has 0 fully saturated rings. The quantitative estimate of drug-likeness (QED) is 0.667. The number of nitrogen functional groups attached to an aromatic ring is 1. The molecule has 0 heterocycles. The van der Waals surface area contributed by atoms with Crippen molar-refractivity contribution in [1.29, 1.82) is 0 Å². The molecule has 0 atom stereocenters. The van der Waals surface area contributed by atoms with E-state index < -0.39 is 0 Å². The highest BCUT2D eigenvalue weighted by Gasteiger charge is 2.04. The Morgan fingerprint density at radius 2 is 2.29 bits per heavy atom. The topological polar surface area (TPSA) is 52.3 Å². The van der Waals surface area contributed by atoms with Crippen LogP contribution in [0.15, 0.2) is 22.7 Å². The van der Waals surface area contributed by atoms with Gasteiger partial charge in [0, 0.05) is 10.2 Å². The zero-order chi connectivity index (χ0) is 10.6. The minimum Gasteiger partial charge on any atom is -0.466 e. The molecule has 0 unspecified atom stereocenters. The second-order valence-corrected chi connectivity index (χ2v) is 3.69. The number of rotatable bonds is 3. The number of benzene rings is 1. The summed E-state index contributed by atoms with van der Waals surface area (Å²) in [6.45, 7) is 2.19. The Morgan fingerprint density at radius 3 is 2.86 bits per heavy atom. The molecule has 1 rings (SSSR count). The van der Waals surface area contributed by atoms with Crippen LogP contribution >= 0.6 is 15.9 Å². The third-order valence-electron chi connectivity index (χ3n) is 1.71. The number of esters is 1. The molecule has 1 aromatic carbocycles. The van der Waals surface area contributed by atoms with Crippen LogP contribution in [-0.2, 0) is 16.0 Å². The van der Waals surface area contributed by atoms with Gasteiger partial charge in [0.1, 0.15) is 0 Å². The first-order valence-electron chi connectivity index (χ1n) is 4.33. The number of ether oxygens (including phenoxy) is 1. The SMILES string of the molecule is CCOC(=O)Cc1ccc(Br)c(N)c1. The molecule has 0 aliphatic carbocycles. The first kappa shape index (κ1) is 11.0. The predicted molar refractivity (Wildman–Crippen MR) is 58.9 cm³/mol. The molecule has 0 saturated carbocycles. The molecular weight excluding hydrogens is 246 g/mol. The van der Waals surface area contributed by atoms with E-state index in [4.69, 9.17) is 10.5 Å². The van der Waals surface area contributed by atoms with Gasteiger partial charge >= 0.3 is 5.97 Å². The third kappa shape index (κ3) is 3.03. The van der Waals surface area contributed by atoms with Gasteiger partial charge in [0.15, 0.2) is 0 Å². The number of nitrogens with two attached hydrogens (primary N) is 1. The van der Waals surface area contributed by atoms with E-state index in [1.807, 2.05) is 12.1 Å². The van der Waals surface area contributed by atoms with E-state index in [9.17, 15) is 4.79 Å². The van der Waals surface area contributed by atoms with Crippen molar-refractivity contribution in [3.8, 4) is 0 Å². The summed E-state index contributed by atoms with van der Waals surface area (Å²) in [5.74, 6) is -0.228. The molecule has 0 aliphatic rings. The number of carbonyl (C=O) groups is 1. The second-order valence-electron chi connectivity index (χ2n) is 2.84. The van der Waals surface area contributed by atoms with Crippen LogP contribution in [0.1, 0.15) is 12.5 Å². The average Bonchev–Trinajstić information content (AvgIpc) is 2.12. The highest BCUT2D eigenvalue weighted by atomic mass is 79.9. The summed E-state index contributed by atoms with van der Waals surface area (Å²) in [5, 5.41) is 0. The summed E-state index contributed by atoms with van der Waals surface area (Å²) in [7, 11) is 0. The van der Waals surface area contributed by atoms with Crippen LogP contribution in [0.25, 0.3) is 0 Å². The maximum Gasteiger partial charge on any atom is 0.310 e. The molecule has 0 aliphatic heterocycles. The van der Waals surface area contributed by atoms with Gasteiger partial charge < -0.3 is 10.5 Å². The van der Waals surface area contributed by atoms with Crippen molar-refractivity contribution in [2.24, 2.45) is 0 Å². The molecule has 76 valence electrons. The lowest BCUT2D eigenvalue weighted by molar-refractivity contribution is -0.142. The van der Waals surface area contributed by atoms with Crippen molar-refractivity contribution >= 4 is 27.6 Å². The van der Waals surface area contributed by atoms with Crippen LogP contribution in [0.2, 0.25) is 0 Å². The van der Waals surface area contributed by atoms with Gasteiger partial charge in [-0.25, -0.2) is 0 Å². The first-order chi connectivity index (χ1) is 6.63. The summed E-state index contributed by atoms with van der Waals surface area (Å²) in [4.78, 5) is 11.1. The Bertz CT molecular complexity index is 339. The standard InChI is InChI=1S/C10H12BrNO2/c1-2-14-10(13)6-7-3-4-8(11)9(12)5-7/h3-5H,2,6,12H2,1H3. The summed E-state index contributed by atoms with van der Waals surface area (Å²) in [5.41, 5.74) is 7.17. The van der Waals surface area contributed by atoms with Crippen LogP contribution in [0.5, 0.6) is 0 Å². The summed E-state index contributed by atoms with van der Waals surface area (Å²) in [6, 6.07) is 5.43. The van der Waals surface area contributed by atoms with Gasteiger partial charge in [-0.3, -0.25) is 4.79 Å². The van der Waals surface area contributed by atoms with Crippen LogP contribution in [0.3, 0.4) is 0 Å². The number of anilines is 1. The molecule has 2 N–H and O–H groups in total. The molecule has 0 spiro atoms. The van der Waals surface area contributed by atoms with E-state index in [0.29, 0.717) is 12.3 Å². The normalized spacial score (nSPS) is 9.86. The van der Waals surface area contributed by atoms with Crippen LogP contribution in [-0.4, -0.2) is 12.6 Å². The average molecular weight is 258 g/mol. The van der Waals surface area contributed by atoms with Crippen LogP contribution in [0.4, 0.5) is 5.69 Å². The maximum absolute atomic E-state index is 11.1. The molecule has 4 heteroatoms. The lowest BCUT2D eigenvalue weighted by Gasteiger charge is -2.04. The maximum atomic E-state index is 11.1. The van der Waals surface area contributed by atoms with E-state index in [-0.39, 0.29) is 12.4 Å². The lowest BCUT2D eigenvalue weighted by Crippen LogP contribution is -2.07. The molecule has 0 saturated heterocycles. The Morgan fingerprint density at radius 1 is 1.57 bits per heavy atom. The Kier molecular flexibility index (Phi) is 3.95. The second kappa shape index (κ2) is 5.00. The van der Waals surface area contributed by atoms with Gasteiger partial charge in [-0.15, -0.1) is 0 Å². The molecule has 3 nitrogen and oxygen atoms in total. The van der Waals surface area contributed by atoms with Crippen LogP contribution < -0.4 is 5.73 Å². The van der Waals surface area contributed by atoms with Crippen LogP contribution in [0, 0.1) is 0 Å². The van der Waals surface area contributed by atoms with Crippen molar-refractivity contribution < 1.29 is 9.53 Å². The van der Waals surface area contributed by atoms with E-state index >= 15 is 0 Å². The van der Waals surface area contributed by atoms with Crippen molar-refractivity contribution in [3.05, 3.63) is 28.2 Å². The monoisotopic (exact) mass is 257 g/mol. The van der Waals surface area contributed by atoms with E-state index in [2.05, 4.69) is 15.9 Å². The fourth-order valence-corrected chi connectivity index (χ4v) is 1.33. The Balaban J connectivity index is 2.68. The van der Waals surface area contributed by atoms with Crippen molar-refractivity contribution in [2.45, 2.75) is 13.3 Å². The molecule has 1 aromatic rings. The van der Waals surface area contributed by atoms with E-state index in [0.717, 1.165) is 10.0 Å². The van der Waals surface area contributed by atoms with Crippen molar-refractivity contribution in [1.82, 2.24) is 0 Å². The minimum atomic E-state index is -0.228. The molecule has 0 bridgehead atoms. The molecule has 0 amide bonds. The molecular formula is C10H12BrNO2. The zero-order valence-electron chi connectivity index (χ0n) is 7.92. The van der Waals surface area contributed by atoms with E-state index in [1.54, 1.807) is 13.0 Å². The van der Waals surface area contributed by atoms with Gasteiger partial charge in [0.25, 0.3) is 0 Å². The fourth-order valence-electron chi connectivity index (χ4n) is 1.08. The van der Waals surface area contributed by atoms with Gasteiger partial charge in [-0.1, -0.05) is 6.07 Å². The van der Waals surface area contributed by atoms with Crippen molar-refractivity contribution in [2.75, 3.05) is 12.3 Å². The predicted octanol–water partition coefficient (Wildman–Crippen LogP) is 2.14. The van der Waals surface area contributed by atoms with E-state index in [1.165, 1.54) is 0 Å². The summed E-state index contributed by atoms with van der Waals surface area (Å²) >= 11 is 3.29. The Labute approximate surface area is 91.4 Å². The Hall–Kier alpha value is -1.03. The number of carbonyl (C=O) groups excluding carboxylic acids is 1. The molecule has 0 radical (unpaired) electrons. The highest BCUT2D eigenvalue weighted by Crippen LogP contribution is 2.20. The smallest absolute Gasteiger partial charge is 0.310 e. The minimum absolute atomic E-state index is 0.228. The molecule has 14 heavy (non-hydrogen) atoms. The van der Waals surface area contributed by atoms with Crippen molar-refractivity contribution in [3.63, 3.8) is 0 Å². The summed E-state index contributed by atoms with van der Waals surface area (Å²) < 4.78 is 5.66. The zero-order valence-corrected chi connectivity index (χ0v) is 9.50. The number of hydrogen-bond acceptors (Lipinski definition) is 3. The van der Waals surface area contributed by atoms with Gasteiger partial charge in [-0.05, 0) is 40.5 Å². The highest BCUT2D eigenvalue weighted by molar-refractivity contribution is 9.10. The largest absolute Gasteiger partial charge is 0.466 e. The fraction of sp³-hybridized carbons (Fsp3) is 0.300. The lowest BCUT2D eigenvalue weighted by atomic mass is 10.1. The third-order valence-corrected chi connectivity index (χ3v) is 2.44. The van der Waals surface area contributed by atoms with Gasteiger partial charge in [0.05, 0.1) is 13.0 Å². The van der Waals surface area contributed by atoms with Gasteiger partial charge in [0.2, 0.25) is 0 Å². The number of halogens is 1.